The van der Waals surface area contributed by atoms with Gasteiger partial charge in [-0.05, 0) is 24.6 Å². The number of carbonyl (C=O) groups is 3. The number of anilines is 1. The summed E-state index contributed by atoms with van der Waals surface area (Å²) in [6.07, 6.45) is 0. The minimum atomic E-state index is -1.09. The molecule has 0 fully saturated rings. The maximum atomic E-state index is 12.0. The third-order valence-electron chi connectivity index (χ3n) is 2.94. The number of hydrogen-bond donors (Lipinski definition) is 1. The molecule has 0 spiro atoms. The van der Waals surface area contributed by atoms with Crippen LogP contribution in [-0.4, -0.2) is 28.2 Å². The molecule has 2 rings (SSSR count). The maximum absolute atomic E-state index is 12.0. The second-order valence-electron chi connectivity index (χ2n) is 4.00. The molecule has 0 saturated carbocycles. The second kappa shape index (κ2) is 4.53. The number of aromatic carboxylic acids is 1. The topological polar surface area (TPSA) is 74.7 Å². The number of nitrogens with zero attached hydrogens (tertiary/aromatic N) is 1. The first-order valence-electron chi connectivity index (χ1n) is 5.27. The fraction of sp³-hybridized carbons (Fsp3) is 0.250. The number of halogens is 1. The van der Waals surface area contributed by atoms with Crippen molar-refractivity contribution >= 4 is 39.4 Å². The Labute approximate surface area is 112 Å². The molecule has 1 aliphatic rings. The smallest absolute Gasteiger partial charge is 0.335 e. The molecule has 0 aliphatic carbocycles. The van der Waals surface area contributed by atoms with Crippen molar-refractivity contribution in [1.82, 2.24) is 0 Å². The minimum Gasteiger partial charge on any atom is -0.478 e. The Bertz CT molecular complexity index is 555. The van der Waals surface area contributed by atoms with Crippen molar-refractivity contribution in [1.29, 1.82) is 0 Å². The van der Waals surface area contributed by atoms with E-state index in [0.717, 1.165) is 4.90 Å². The molecule has 2 amide bonds. The van der Waals surface area contributed by atoms with E-state index in [1.54, 1.807) is 13.0 Å². The van der Waals surface area contributed by atoms with E-state index in [1.165, 1.54) is 12.1 Å². The van der Waals surface area contributed by atoms with Crippen molar-refractivity contribution in [3.8, 4) is 0 Å². The third kappa shape index (κ3) is 1.82. The zero-order valence-corrected chi connectivity index (χ0v) is 11.1. The normalized spacial score (nSPS) is 17.8. The number of alkyl halides is 1. The molecule has 6 heteroatoms. The Morgan fingerprint density at radius 2 is 2.11 bits per heavy atom. The quantitative estimate of drug-likeness (QED) is 0.844. The molecule has 1 atom stereocenters. The van der Waals surface area contributed by atoms with Crippen LogP contribution in [0.5, 0.6) is 0 Å². The lowest BCUT2D eigenvalue weighted by Crippen LogP contribution is -2.35. The molecule has 1 aromatic carbocycles. The second-order valence-corrected chi connectivity index (χ2v) is 4.56. The van der Waals surface area contributed by atoms with Gasteiger partial charge in [-0.15, -0.1) is 0 Å². The average molecular weight is 312 g/mol. The Morgan fingerprint density at radius 3 is 2.67 bits per heavy atom. The van der Waals surface area contributed by atoms with Crippen molar-refractivity contribution < 1.29 is 19.5 Å². The Morgan fingerprint density at radius 1 is 1.44 bits per heavy atom. The van der Waals surface area contributed by atoms with Crippen LogP contribution >= 0.6 is 15.9 Å². The Hall–Kier alpha value is -1.69. The summed E-state index contributed by atoms with van der Waals surface area (Å²) < 4.78 is 0. The van der Waals surface area contributed by atoms with E-state index < -0.39 is 17.8 Å². The number of imide groups is 1. The van der Waals surface area contributed by atoms with E-state index >= 15 is 0 Å². The zero-order valence-electron chi connectivity index (χ0n) is 9.51. The van der Waals surface area contributed by atoms with Crippen molar-refractivity contribution in [3.05, 3.63) is 29.3 Å². The Balaban J connectivity index is 2.57. The molecule has 18 heavy (non-hydrogen) atoms. The van der Waals surface area contributed by atoms with Crippen LogP contribution in [0.1, 0.15) is 28.8 Å². The van der Waals surface area contributed by atoms with Crippen LogP contribution in [0.15, 0.2) is 18.2 Å². The first-order chi connectivity index (χ1) is 8.47. The number of hydrogen-bond acceptors (Lipinski definition) is 3. The molecule has 1 unspecified atom stereocenters. The lowest BCUT2D eigenvalue weighted by molar-refractivity contribution is -0.125. The van der Waals surface area contributed by atoms with E-state index in [9.17, 15) is 14.4 Å². The number of amides is 2. The summed E-state index contributed by atoms with van der Waals surface area (Å²) >= 11 is 3.01. The van der Waals surface area contributed by atoms with Crippen LogP contribution in [-0.2, 0) is 9.59 Å². The van der Waals surface area contributed by atoms with Crippen LogP contribution in [0, 0.1) is 0 Å². The molecule has 5 nitrogen and oxygen atoms in total. The van der Waals surface area contributed by atoms with Crippen LogP contribution < -0.4 is 4.90 Å². The lowest BCUT2D eigenvalue weighted by atomic mass is 10.0. The number of fused-ring (bicyclic) bond motifs is 1. The summed E-state index contributed by atoms with van der Waals surface area (Å²) in [7, 11) is 0. The SMILES string of the molecule is CC1C(=O)N(C(=O)CBr)c2cc(C(=O)O)ccc21. The zero-order chi connectivity index (χ0) is 13.4. The van der Waals surface area contributed by atoms with E-state index in [4.69, 9.17) is 5.11 Å². The molecule has 1 aromatic rings. The van der Waals surface area contributed by atoms with Crippen LogP contribution in [0.25, 0.3) is 0 Å². The van der Waals surface area contributed by atoms with Crippen LogP contribution in [0.4, 0.5) is 5.69 Å². The van der Waals surface area contributed by atoms with Gasteiger partial charge in [0.2, 0.25) is 11.8 Å². The first kappa shape index (κ1) is 12.8. The van der Waals surface area contributed by atoms with Crippen molar-refractivity contribution in [2.24, 2.45) is 0 Å². The van der Waals surface area contributed by atoms with Gasteiger partial charge in [0.1, 0.15) is 0 Å². The summed E-state index contributed by atoms with van der Waals surface area (Å²) in [5.41, 5.74) is 1.11. The highest BCUT2D eigenvalue weighted by atomic mass is 79.9. The van der Waals surface area contributed by atoms with Gasteiger partial charge in [0.25, 0.3) is 0 Å². The highest BCUT2D eigenvalue weighted by Gasteiger charge is 2.37. The molecule has 1 heterocycles. The molecule has 94 valence electrons. The van der Waals surface area contributed by atoms with Crippen LogP contribution in [0.3, 0.4) is 0 Å². The molecule has 0 bridgehead atoms. The molecule has 0 aromatic heterocycles. The van der Waals surface area contributed by atoms with Gasteiger partial charge >= 0.3 is 5.97 Å². The van der Waals surface area contributed by atoms with E-state index in [1.807, 2.05) is 0 Å². The van der Waals surface area contributed by atoms with E-state index in [0.29, 0.717) is 11.3 Å². The first-order valence-corrected chi connectivity index (χ1v) is 6.39. The number of rotatable bonds is 2. The van der Waals surface area contributed by atoms with Gasteiger partial charge in [-0.2, -0.15) is 0 Å². The molecule has 0 saturated heterocycles. The molecule has 1 aliphatic heterocycles. The highest BCUT2D eigenvalue weighted by molar-refractivity contribution is 9.09. The predicted octanol–water partition coefficient (Wildman–Crippen LogP) is 1.76. The average Bonchev–Trinajstić information content (AvgIpc) is 2.61. The third-order valence-corrected chi connectivity index (χ3v) is 3.42. The van der Waals surface area contributed by atoms with Gasteiger partial charge in [0.05, 0.1) is 22.5 Å². The number of carboxylic acids is 1. The van der Waals surface area contributed by atoms with Crippen molar-refractivity contribution in [3.63, 3.8) is 0 Å². The highest BCUT2D eigenvalue weighted by Crippen LogP contribution is 2.37. The maximum Gasteiger partial charge on any atom is 0.335 e. The fourth-order valence-corrected chi connectivity index (χ4v) is 2.25. The standard InChI is InChI=1S/C12H10BrNO4/c1-6-8-3-2-7(12(17)18)4-9(8)14(11(6)16)10(15)5-13/h2-4,6H,5H2,1H3,(H,17,18). The summed E-state index contributed by atoms with van der Waals surface area (Å²) in [6.45, 7) is 1.70. The summed E-state index contributed by atoms with van der Waals surface area (Å²) in [5.74, 6) is -2.23. The Kier molecular flexibility index (Phi) is 3.21. The van der Waals surface area contributed by atoms with Gasteiger partial charge < -0.3 is 5.11 Å². The predicted molar refractivity (Wildman–Crippen MR) is 68.1 cm³/mol. The summed E-state index contributed by atoms with van der Waals surface area (Å²) in [6, 6.07) is 4.38. The van der Waals surface area contributed by atoms with E-state index in [2.05, 4.69) is 15.9 Å². The van der Waals surface area contributed by atoms with Gasteiger partial charge in [-0.25, -0.2) is 9.69 Å². The number of carboxylic acid groups (broad SMARTS) is 1. The van der Waals surface area contributed by atoms with Gasteiger partial charge in [0, 0.05) is 0 Å². The molecular formula is C12H10BrNO4. The lowest BCUT2D eigenvalue weighted by Gasteiger charge is -2.14. The summed E-state index contributed by atoms with van der Waals surface area (Å²) in [5, 5.41) is 8.95. The number of carbonyl (C=O) groups excluding carboxylic acids is 2. The minimum absolute atomic E-state index is 0.0161. The summed E-state index contributed by atoms with van der Waals surface area (Å²) in [4.78, 5) is 35.7. The largest absolute Gasteiger partial charge is 0.478 e. The van der Waals surface area contributed by atoms with Crippen molar-refractivity contribution in [2.45, 2.75) is 12.8 Å². The molecule has 1 N–H and O–H groups in total. The number of benzene rings is 1. The van der Waals surface area contributed by atoms with E-state index in [-0.39, 0.29) is 16.8 Å². The van der Waals surface area contributed by atoms with Gasteiger partial charge in [-0.3, -0.25) is 9.59 Å². The van der Waals surface area contributed by atoms with Gasteiger partial charge in [-0.1, -0.05) is 22.0 Å². The van der Waals surface area contributed by atoms with Gasteiger partial charge in [0.15, 0.2) is 0 Å². The fourth-order valence-electron chi connectivity index (χ4n) is 2.00. The molecular weight excluding hydrogens is 302 g/mol. The van der Waals surface area contributed by atoms with Crippen molar-refractivity contribution in [2.75, 3.05) is 10.2 Å². The monoisotopic (exact) mass is 311 g/mol. The van der Waals surface area contributed by atoms with Crippen LogP contribution in [0.2, 0.25) is 0 Å². The molecule has 0 radical (unpaired) electrons.